The molecule has 1 aromatic carbocycles. The van der Waals surface area contributed by atoms with E-state index in [0.29, 0.717) is 17.5 Å². The van der Waals surface area contributed by atoms with Crippen molar-refractivity contribution in [2.24, 2.45) is 0 Å². The van der Waals surface area contributed by atoms with Crippen LogP contribution in [0.2, 0.25) is 0 Å². The highest BCUT2D eigenvalue weighted by Gasteiger charge is 2.34. The fraction of sp³-hybridized carbons (Fsp3) is 0.500. The van der Waals surface area contributed by atoms with Gasteiger partial charge < -0.3 is 4.74 Å². The summed E-state index contributed by atoms with van der Waals surface area (Å²) in [5, 5.41) is 0.394. The lowest BCUT2D eigenvalue weighted by molar-refractivity contribution is -0.139. The van der Waals surface area contributed by atoms with Gasteiger partial charge in [-0.3, -0.25) is 0 Å². The highest BCUT2D eigenvalue weighted by atomic mass is 79.9. The molecule has 0 aromatic heterocycles. The van der Waals surface area contributed by atoms with E-state index >= 15 is 0 Å². The van der Waals surface area contributed by atoms with E-state index in [-0.39, 0.29) is 5.75 Å². The maximum atomic E-state index is 12.8. The van der Waals surface area contributed by atoms with Gasteiger partial charge >= 0.3 is 6.18 Å². The Kier molecular flexibility index (Phi) is 5.31. The quantitative estimate of drug-likeness (QED) is 0.562. The predicted octanol–water partition coefficient (Wildman–Crippen LogP) is 4.78. The van der Waals surface area contributed by atoms with E-state index in [4.69, 9.17) is 4.74 Å². The summed E-state index contributed by atoms with van der Waals surface area (Å²) in [5.41, 5.74) is -0.120. The fourth-order valence-corrected chi connectivity index (χ4v) is 1.68. The molecule has 0 unspecified atom stereocenters. The van der Waals surface area contributed by atoms with Crippen molar-refractivity contribution >= 4 is 15.9 Å². The second-order valence-corrected chi connectivity index (χ2v) is 4.22. The summed E-state index contributed by atoms with van der Waals surface area (Å²) in [7, 11) is 0. The smallest absolute Gasteiger partial charge is 0.419 e. The molecular weight excluding hydrogens is 297 g/mol. The Morgan fingerprint density at radius 2 is 2.00 bits per heavy atom. The zero-order valence-corrected chi connectivity index (χ0v) is 11.1. The van der Waals surface area contributed by atoms with Crippen molar-refractivity contribution in [2.75, 3.05) is 6.61 Å². The number of halogens is 4. The summed E-state index contributed by atoms with van der Waals surface area (Å²) in [4.78, 5) is 0. The highest BCUT2D eigenvalue weighted by molar-refractivity contribution is 9.08. The Morgan fingerprint density at radius 1 is 1.29 bits per heavy atom. The predicted molar refractivity (Wildman–Crippen MR) is 64.5 cm³/mol. The van der Waals surface area contributed by atoms with Crippen molar-refractivity contribution in [1.29, 1.82) is 0 Å². The third-order valence-corrected chi connectivity index (χ3v) is 2.91. The normalized spacial score (nSPS) is 11.6. The van der Waals surface area contributed by atoms with E-state index in [0.717, 1.165) is 18.9 Å². The molecule has 1 nitrogen and oxygen atoms in total. The minimum Gasteiger partial charge on any atom is -0.493 e. The molecule has 0 spiro atoms. The lowest BCUT2D eigenvalue weighted by atomic mass is 10.1. The first kappa shape index (κ1) is 14.4. The number of rotatable bonds is 5. The van der Waals surface area contributed by atoms with Gasteiger partial charge in [-0.1, -0.05) is 35.3 Å². The minimum absolute atomic E-state index is 0.0874. The summed E-state index contributed by atoms with van der Waals surface area (Å²) in [5.74, 6) is -0.0874. The van der Waals surface area contributed by atoms with Crippen LogP contribution < -0.4 is 4.74 Å². The average Bonchev–Trinajstić information content (AvgIpc) is 2.28. The molecule has 0 aliphatic carbocycles. The molecule has 0 N–H and O–H groups in total. The van der Waals surface area contributed by atoms with Crippen molar-refractivity contribution in [1.82, 2.24) is 0 Å². The molecule has 0 saturated heterocycles. The van der Waals surface area contributed by atoms with Gasteiger partial charge in [0.05, 0.1) is 12.2 Å². The van der Waals surface area contributed by atoms with Crippen LogP contribution in [-0.2, 0) is 11.5 Å². The van der Waals surface area contributed by atoms with E-state index < -0.39 is 11.7 Å². The molecule has 0 saturated carbocycles. The first-order valence-corrected chi connectivity index (χ1v) is 6.50. The molecule has 0 radical (unpaired) electrons. The second-order valence-electron chi connectivity index (χ2n) is 3.66. The number of hydrogen-bond donors (Lipinski definition) is 0. The van der Waals surface area contributed by atoms with Crippen molar-refractivity contribution in [3.8, 4) is 5.75 Å². The van der Waals surface area contributed by atoms with Crippen LogP contribution in [0.4, 0.5) is 13.2 Å². The van der Waals surface area contributed by atoms with Gasteiger partial charge in [0.15, 0.2) is 0 Å². The maximum Gasteiger partial charge on any atom is 0.419 e. The van der Waals surface area contributed by atoms with Gasteiger partial charge in [-0.2, -0.15) is 13.2 Å². The van der Waals surface area contributed by atoms with Gasteiger partial charge in [-0.05, 0) is 24.1 Å². The minimum atomic E-state index is -4.38. The summed E-state index contributed by atoms with van der Waals surface area (Å²) in [6.45, 7) is 2.27. The van der Waals surface area contributed by atoms with E-state index in [1.165, 1.54) is 6.07 Å². The molecule has 1 aromatic rings. The molecule has 17 heavy (non-hydrogen) atoms. The van der Waals surface area contributed by atoms with E-state index in [9.17, 15) is 13.2 Å². The fourth-order valence-electron chi connectivity index (χ4n) is 1.33. The maximum absolute atomic E-state index is 12.8. The van der Waals surface area contributed by atoms with E-state index in [2.05, 4.69) is 15.9 Å². The monoisotopic (exact) mass is 310 g/mol. The van der Waals surface area contributed by atoms with E-state index in [1.54, 1.807) is 6.07 Å². The lowest BCUT2D eigenvalue weighted by Crippen LogP contribution is -2.10. The van der Waals surface area contributed by atoms with Crippen molar-refractivity contribution in [2.45, 2.75) is 31.3 Å². The molecule has 0 amide bonds. The number of benzene rings is 1. The Labute approximate surface area is 107 Å². The summed E-state index contributed by atoms with van der Waals surface area (Å²) in [6, 6.07) is 4.14. The van der Waals surface area contributed by atoms with Gasteiger partial charge in [0, 0.05) is 5.33 Å². The largest absolute Gasteiger partial charge is 0.493 e. The molecule has 0 atom stereocenters. The van der Waals surface area contributed by atoms with E-state index in [1.807, 2.05) is 6.92 Å². The Balaban J connectivity index is 2.95. The molecule has 5 heteroatoms. The first-order chi connectivity index (χ1) is 7.99. The molecule has 0 bridgehead atoms. The molecule has 0 heterocycles. The van der Waals surface area contributed by atoms with Gasteiger partial charge in [-0.25, -0.2) is 0 Å². The Bertz CT molecular complexity index is 363. The molecule has 1 rings (SSSR count). The summed E-state index contributed by atoms with van der Waals surface area (Å²) < 4.78 is 43.5. The third kappa shape index (κ3) is 4.22. The van der Waals surface area contributed by atoms with Crippen LogP contribution in [-0.4, -0.2) is 6.61 Å². The molecule has 96 valence electrons. The molecule has 0 fully saturated rings. The zero-order chi connectivity index (χ0) is 12.9. The zero-order valence-electron chi connectivity index (χ0n) is 9.48. The average molecular weight is 311 g/mol. The van der Waals surface area contributed by atoms with Crippen LogP contribution in [0.3, 0.4) is 0 Å². The van der Waals surface area contributed by atoms with Crippen LogP contribution in [0.1, 0.15) is 30.9 Å². The number of ether oxygens (including phenoxy) is 1. The van der Waals surface area contributed by atoms with Gasteiger partial charge in [0.2, 0.25) is 0 Å². The first-order valence-electron chi connectivity index (χ1n) is 5.38. The lowest BCUT2D eigenvalue weighted by Gasteiger charge is -2.14. The molecule has 0 aliphatic heterocycles. The SMILES string of the molecule is CCCCOc1ccc(CBr)cc1C(F)(F)F. The molecule has 0 aliphatic rings. The number of hydrogen-bond acceptors (Lipinski definition) is 1. The van der Waals surface area contributed by atoms with Crippen molar-refractivity contribution in [3.05, 3.63) is 29.3 Å². The standard InChI is InChI=1S/C12H14BrF3O/c1-2-3-6-17-11-5-4-9(8-13)7-10(11)12(14,15)16/h4-5,7H,2-3,6,8H2,1H3. The topological polar surface area (TPSA) is 9.23 Å². The van der Waals surface area contributed by atoms with Crippen molar-refractivity contribution in [3.63, 3.8) is 0 Å². The highest BCUT2D eigenvalue weighted by Crippen LogP contribution is 2.37. The number of alkyl halides is 4. The second kappa shape index (κ2) is 6.28. The van der Waals surface area contributed by atoms with Crippen LogP contribution in [0.5, 0.6) is 5.75 Å². The Hall–Kier alpha value is -0.710. The third-order valence-electron chi connectivity index (χ3n) is 2.26. The van der Waals surface area contributed by atoms with Gasteiger partial charge in [0.1, 0.15) is 5.75 Å². The van der Waals surface area contributed by atoms with Gasteiger partial charge in [-0.15, -0.1) is 0 Å². The molecular formula is C12H14BrF3O. The van der Waals surface area contributed by atoms with Gasteiger partial charge in [0.25, 0.3) is 0 Å². The summed E-state index contributed by atoms with van der Waals surface area (Å²) in [6.07, 6.45) is -2.74. The van der Waals surface area contributed by atoms with Crippen LogP contribution >= 0.6 is 15.9 Å². The van der Waals surface area contributed by atoms with Crippen molar-refractivity contribution < 1.29 is 17.9 Å². The Morgan fingerprint density at radius 3 is 2.53 bits per heavy atom. The summed E-state index contributed by atoms with van der Waals surface area (Å²) >= 11 is 3.14. The van der Waals surface area contributed by atoms with Crippen LogP contribution in [0.25, 0.3) is 0 Å². The van der Waals surface area contributed by atoms with Crippen LogP contribution in [0.15, 0.2) is 18.2 Å². The number of unbranched alkanes of at least 4 members (excludes halogenated alkanes) is 1. The van der Waals surface area contributed by atoms with Crippen LogP contribution in [0, 0.1) is 0 Å².